The van der Waals surface area contributed by atoms with E-state index in [1.807, 2.05) is 27.7 Å². The highest BCUT2D eigenvalue weighted by atomic mass is 16.3. The average molecular weight is 216 g/mol. The Bertz CT molecular complexity index is 181. The van der Waals surface area contributed by atoms with Crippen molar-refractivity contribution in [3.63, 3.8) is 0 Å². The molecule has 0 aromatic carbocycles. The van der Waals surface area contributed by atoms with E-state index in [0.29, 0.717) is 0 Å². The molecule has 0 heterocycles. The first kappa shape index (κ1) is 14.4. The Kier molecular flexibility index (Phi) is 7.34. The Labute approximate surface area is 92.4 Å². The van der Waals surface area contributed by atoms with E-state index in [4.69, 9.17) is 5.11 Å². The predicted octanol–water partition coefficient (Wildman–Crippen LogP) is 0.650. The minimum Gasteiger partial charge on any atom is -0.395 e. The van der Waals surface area contributed by atoms with Crippen molar-refractivity contribution in [3.05, 3.63) is 0 Å². The van der Waals surface area contributed by atoms with Gasteiger partial charge in [-0.25, -0.2) is 0 Å². The normalized spacial score (nSPS) is 16.9. The highest BCUT2D eigenvalue weighted by Gasteiger charge is 2.17. The van der Waals surface area contributed by atoms with Gasteiger partial charge in [0, 0.05) is 12.1 Å². The van der Waals surface area contributed by atoms with E-state index in [2.05, 4.69) is 10.6 Å². The van der Waals surface area contributed by atoms with Crippen molar-refractivity contribution in [2.45, 2.75) is 58.7 Å². The summed E-state index contributed by atoms with van der Waals surface area (Å²) in [7, 11) is 0. The second-order valence-electron chi connectivity index (χ2n) is 3.99. The topological polar surface area (TPSA) is 61.4 Å². The van der Waals surface area contributed by atoms with Gasteiger partial charge in [0.2, 0.25) is 5.91 Å². The maximum Gasteiger partial charge on any atom is 0.237 e. The molecule has 0 saturated carbocycles. The van der Waals surface area contributed by atoms with Crippen LogP contribution in [0.15, 0.2) is 0 Å². The third-order valence-electron chi connectivity index (χ3n) is 2.59. The zero-order chi connectivity index (χ0) is 11.8. The lowest BCUT2D eigenvalue weighted by Gasteiger charge is -2.21. The fourth-order valence-corrected chi connectivity index (χ4v) is 1.20. The molecular weight excluding hydrogens is 192 g/mol. The monoisotopic (exact) mass is 216 g/mol. The third kappa shape index (κ3) is 5.74. The number of nitrogens with one attached hydrogen (secondary N) is 2. The Hall–Kier alpha value is -0.610. The van der Waals surface area contributed by atoms with Gasteiger partial charge in [0.15, 0.2) is 0 Å². The van der Waals surface area contributed by atoms with Crippen LogP contribution in [0.2, 0.25) is 0 Å². The van der Waals surface area contributed by atoms with Crippen molar-refractivity contribution in [3.8, 4) is 0 Å². The Balaban J connectivity index is 3.97. The molecule has 3 N–H and O–H groups in total. The standard InChI is InChI=1S/C11H24N2O2/c1-5-8(3)12-11(15)9(4)13-10(6-2)7-14/h8-10,13-14H,5-7H2,1-4H3,(H,12,15). The molecular formula is C11H24N2O2. The summed E-state index contributed by atoms with van der Waals surface area (Å²) in [5, 5.41) is 15.0. The summed E-state index contributed by atoms with van der Waals surface area (Å²) in [6.07, 6.45) is 1.74. The first-order valence-electron chi connectivity index (χ1n) is 5.72. The number of amides is 1. The molecule has 0 rings (SSSR count). The zero-order valence-electron chi connectivity index (χ0n) is 10.2. The lowest BCUT2D eigenvalue weighted by molar-refractivity contribution is -0.123. The van der Waals surface area contributed by atoms with Gasteiger partial charge < -0.3 is 15.7 Å². The van der Waals surface area contributed by atoms with Crippen LogP contribution in [0.3, 0.4) is 0 Å². The fourth-order valence-electron chi connectivity index (χ4n) is 1.20. The van der Waals surface area contributed by atoms with Gasteiger partial charge in [-0.05, 0) is 26.7 Å². The number of aliphatic hydroxyl groups excluding tert-OH is 1. The summed E-state index contributed by atoms with van der Waals surface area (Å²) in [6, 6.07) is -0.0465. The van der Waals surface area contributed by atoms with E-state index in [-0.39, 0.29) is 30.6 Å². The van der Waals surface area contributed by atoms with Crippen molar-refractivity contribution < 1.29 is 9.90 Å². The van der Waals surface area contributed by atoms with Crippen LogP contribution in [0.25, 0.3) is 0 Å². The molecule has 3 unspecified atom stereocenters. The summed E-state index contributed by atoms with van der Waals surface area (Å²) in [4.78, 5) is 11.6. The molecule has 4 nitrogen and oxygen atoms in total. The number of carbonyl (C=O) groups is 1. The molecule has 0 radical (unpaired) electrons. The number of rotatable bonds is 7. The molecule has 0 aliphatic rings. The van der Waals surface area contributed by atoms with Crippen LogP contribution >= 0.6 is 0 Å². The molecule has 0 bridgehead atoms. The molecule has 0 saturated heterocycles. The molecule has 15 heavy (non-hydrogen) atoms. The van der Waals surface area contributed by atoms with Crippen LogP contribution in [0.5, 0.6) is 0 Å². The van der Waals surface area contributed by atoms with Gasteiger partial charge in [0.25, 0.3) is 0 Å². The van der Waals surface area contributed by atoms with Crippen LogP contribution in [-0.4, -0.2) is 35.7 Å². The quantitative estimate of drug-likeness (QED) is 0.585. The van der Waals surface area contributed by atoms with Crippen LogP contribution in [-0.2, 0) is 4.79 Å². The summed E-state index contributed by atoms with van der Waals surface area (Å²) >= 11 is 0. The van der Waals surface area contributed by atoms with E-state index in [1.165, 1.54) is 0 Å². The summed E-state index contributed by atoms with van der Waals surface area (Å²) < 4.78 is 0. The Morgan fingerprint density at radius 2 is 1.87 bits per heavy atom. The minimum absolute atomic E-state index is 0.00248. The van der Waals surface area contributed by atoms with Crippen molar-refractivity contribution in [1.82, 2.24) is 10.6 Å². The maximum atomic E-state index is 11.6. The minimum atomic E-state index is -0.254. The van der Waals surface area contributed by atoms with Gasteiger partial charge >= 0.3 is 0 Å². The molecule has 4 heteroatoms. The smallest absolute Gasteiger partial charge is 0.237 e. The van der Waals surface area contributed by atoms with E-state index in [9.17, 15) is 4.79 Å². The highest BCUT2D eigenvalue weighted by molar-refractivity contribution is 5.81. The Morgan fingerprint density at radius 1 is 1.27 bits per heavy atom. The molecule has 0 aromatic heterocycles. The molecule has 0 spiro atoms. The lowest BCUT2D eigenvalue weighted by Crippen LogP contribution is -2.49. The van der Waals surface area contributed by atoms with E-state index >= 15 is 0 Å². The number of carbonyl (C=O) groups excluding carboxylic acids is 1. The number of hydrogen-bond acceptors (Lipinski definition) is 3. The average Bonchev–Trinajstić information content (AvgIpc) is 2.24. The maximum absolute atomic E-state index is 11.6. The van der Waals surface area contributed by atoms with Crippen molar-refractivity contribution in [1.29, 1.82) is 0 Å². The van der Waals surface area contributed by atoms with Gasteiger partial charge in [-0.1, -0.05) is 13.8 Å². The first-order chi connectivity index (χ1) is 7.04. The van der Waals surface area contributed by atoms with E-state index in [1.54, 1.807) is 0 Å². The second-order valence-corrected chi connectivity index (χ2v) is 3.99. The molecule has 0 aliphatic carbocycles. The first-order valence-corrected chi connectivity index (χ1v) is 5.72. The Morgan fingerprint density at radius 3 is 2.27 bits per heavy atom. The van der Waals surface area contributed by atoms with Crippen LogP contribution in [0.4, 0.5) is 0 Å². The second kappa shape index (κ2) is 7.65. The summed E-state index contributed by atoms with van der Waals surface area (Å²) in [5.41, 5.74) is 0. The van der Waals surface area contributed by atoms with Gasteiger partial charge in [0.1, 0.15) is 0 Å². The molecule has 3 atom stereocenters. The van der Waals surface area contributed by atoms with Gasteiger partial charge in [-0.2, -0.15) is 0 Å². The zero-order valence-corrected chi connectivity index (χ0v) is 10.2. The van der Waals surface area contributed by atoms with Crippen LogP contribution in [0.1, 0.15) is 40.5 Å². The SMILES string of the molecule is CCC(C)NC(=O)C(C)NC(CC)CO. The summed E-state index contributed by atoms with van der Waals surface area (Å²) in [6.45, 7) is 7.88. The van der Waals surface area contributed by atoms with E-state index in [0.717, 1.165) is 12.8 Å². The predicted molar refractivity (Wildman–Crippen MR) is 61.7 cm³/mol. The van der Waals surface area contributed by atoms with Gasteiger partial charge in [-0.15, -0.1) is 0 Å². The highest BCUT2D eigenvalue weighted by Crippen LogP contribution is 1.95. The largest absolute Gasteiger partial charge is 0.395 e. The summed E-state index contributed by atoms with van der Waals surface area (Å²) in [5.74, 6) is -0.00347. The van der Waals surface area contributed by atoms with Gasteiger partial charge in [0.05, 0.1) is 12.6 Å². The molecule has 90 valence electrons. The van der Waals surface area contributed by atoms with Crippen molar-refractivity contribution in [2.24, 2.45) is 0 Å². The van der Waals surface area contributed by atoms with Crippen molar-refractivity contribution in [2.75, 3.05) is 6.61 Å². The lowest BCUT2D eigenvalue weighted by atomic mass is 10.2. The van der Waals surface area contributed by atoms with Crippen molar-refractivity contribution >= 4 is 5.91 Å². The molecule has 0 aliphatic heterocycles. The van der Waals surface area contributed by atoms with Crippen LogP contribution in [0, 0.1) is 0 Å². The van der Waals surface area contributed by atoms with Gasteiger partial charge in [-0.3, -0.25) is 4.79 Å². The molecule has 1 amide bonds. The molecule has 0 fully saturated rings. The fraction of sp³-hybridized carbons (Fsp3) is 0.909. The number of aliphatic hydroxyl groups is 1. The third-order valence-corrected chi connectivity index (χ3v) is 2.59. The van der Waals surface area contributed by atoms with Crippen LogP contribution < -0.4 is 10.6 Å². The molecule has 0 aromatic rings. The number of hydrogen-bond donors (Lipinski definition) is 3. The van der Waals surface area contributed by atoms with E-state index < -0.39 is 0 Å².